The van der Waals surface area contributed by atoms with E-state index in [1.54, 1.807) is 6.07 Å². The summed E-state index contributed by atoms with van der Waals surface area (Å²) in [5, 5.41) is 19.9. The van der Waals surface area contributed by atoms with Gasteiger partial charge in [0.1, 0.15) is 5.01 Å². The largest absolute Gasteiger partial charge is 0.481 e. The molecular weight excluding hydrogens is 256 g/mol. The van der Waals surface area contributed by atoms with Crippen LogP contribution in [0.25, 0.3) is 10.6 Å². The Kier molecular flexibility index (Phi) is 3.52. The van der Waals surface area contributed by atoms with Crippen LogP contribution >= 0.6 is 22.7 Å². The molecule has 0 spiro atoms. The van der Waals surface area contributed by atoms with Crippen LogP contribution in [0.2, 0.25) is 0 Å². The zero-order valence-corrected chi connectivity index (χ0v) is 10.3. The summed E-state index contributed by atoms with van der Waals surface area (Å²) in [6.45, 7) is 0. The zero-order valence-electron chi connectivity index (χ0n) is 8.71. The van der Waals surface area contributed by atoms with E-state index < -0.39 is 5.97 Å². The van der Waals surface area contributed by atoms with Crippen molar-refractivity contribution in [1.82, 2.24) is 4.98 Å². The Morgan fingerprint density at radius 3 is 3.06 bits per heavy atom. The van der Waals surface area contributed by atoms with Crippen molar-refractivity contribution in [2.45, 2.75) is 12.8 Å². The van der Waals surface area contributed by atoms with E-state index in [0.29, 0.717) is 6.42 Å². The predicted molar refractivity (Wildman–Crippen MR) is 66.1 cm³/mol. The first kappa shape index (κ1) is 11.8. The van der Waals surface area contributed by atoms with Crippen LogP contribution in [0, 0.1) is 11.3 Å². The molecule has 0 aliphatic heterocycles. The van der Waals surface area contributed by atoms with Crippen molar-refractivity contribution in [2.24, 2.45) is 0 Å². The van der Waals surface area contributed by atoms with Crippen molar-refractivity contribution in [1.29, 1.82) is 5.26 Å². The van der Waals surface area contributed by atoms with E-state index in [2.05, 4.69) is 11.1 Å². The zero-order chi connectivity index (χ0) is 12.3. The Labute approximate surface area is 106 Å². The van der Waals surface area contributed by atoms with Gasteiger partial charge >= 0.3 is 5.97 Å². The maximum atomic E-state index is 10.6. The fourth-order valence-corrected chi connectivity index (χ4v) is 3.09. The van der Waals surface area contributed by atoms with Crippen molar-refractivity contribution in [3.8, 4) is 16.6 Å². The molecule has 0 aromatic carbocycles. The molecule has 0 atom stereocenters. The third kappa shape index (κ3) is 2.90. The third-order valence-corrected chi connectivity index (χ3v) is 3.98. The minimum atomic E-state index is -0.832. The minimum Gasteiger partial charge on any atom is -0.481 e. The van der Waals surface area contributed by atoms with Gasteiger partial charge in [0.25, 0.3) is 0 Å². The number of thiazole rings is 1. The lowest BCUT2D eigenvalue weighted by atomic mass is 10.3. The number of carboxylic acid groups (broad SMARTS) is 1. The lowest BCUT2D eigenvalue weighted by molar-refractivity contribution is -0.136. The van der Waals surface area contributed by atoms with Crippen LogP contribution in [-0.4, -0.2) is 16.1 Å². The summed E-state index contributed by atoms with van der Waals surface area (Å²) >= 11 is 2.88. The quantitative estimate of drug-likeness (QED) is 0.921. The molecule has 0 aliphatic rings. The number of nitrogens with zero attached hydrogens (tertiary/aromatic N) is 2. The molecule has 2 rings (SSSR count). The second-order valence-corrected chi connectivity index (χ2v) is 5.41. The highest BCUT2D eigenvalue weighted by Crippen LogP contribution is 2.29. The molecule has 1 N–H and O–H groups in total. The fourth-order valence-electron chi connectivity index (χ4n) is 1.33. The van der Waals surface area contributed by atoms with Crippen LogP contribution in [0.3, 0.4) is 0 Å². The number of aliphatic carboxylic acids is 1. The molecule has 2 heterocycles. The molecule has 0 amide bonds. The van der Waals surface area contributed by atoms with Crippen LogP contribution in [-0.2, 0) is 17.6 Å². The Morgan fingerprint density at radius 2 is 2.35 bits per heavy atom. The van der Waals surface area contributed by atoms with Crippen LogP contribution in [0.5, 0.6) is 0 Å². The van der Waals surface area contributed by atoms with Gasteiger partial charge in [-0.15, -0.1) is 22.7 Å². The van der Waals surface area contributed by atoms with Crippen molar-refractivity contribution in [3.05, 3.63) is 27.4 Å². The molecule has 0 fully saturated rings. The van der Waals surface area contributed by atoms with Crippen LogP contribution < -0.4 is 0 Å². The second kappa shape index (κ2) is 5.08. The SMILES string of the molecule is N#CCc1nc(-c2ccc(CC(=O)O)s2)cs1. The normalized spacial score (nSPS) is 10.1. The minimum absolute atomic E-state index is 0.0415. The van der Waals surface area contributed by atoms with Gasteiger partial charge in [-0.3, -0.25) is 4.79 Å². The average molecular weight is 264 g/mol. The van der Waals surface area contributed by atoms with Crippen LogP contribution in [0.15, 0.2) is 17.5 Å². The summed E-state index contributed by atoms with van der Waals surface area (Å²) in [7, 11) is 0. The number of rotatable bonds is 4. The highest BCUT2D eigenvalue weighted by Gasteiger charge is 2.09. The summed E-state index contributed by atoms with van der Waals surface area (Å²) in [4.78, 5) is 16.6. The van der Waals surface area contributed by atoms with Gasteiger partial charge in [0.2, 0.25) is 0 Å². The van der Waals surface area contributed by atoms with E-state index in [0.717, 1.165) is 20.5 Å². The summed E-state index contributed by atoms with van der Waals surface area (Å²) < 4.78 is 0. The van der Waals surface area contributed by atoms with Gasteiger partial charge in [-0.05, 0) is 12.1 Å². The maximum absolute atomic E-state index is 10.6. The number of thiophene rings is 1. The van der Waals surface area contributed by atoms with Gasteiger partial charge in [0.15, 0.2) is 0 Å². The molecular formula is C11H8N2O2S2. The standard InChI is InChI=1S/C11H8N2O2S2/c12-4-3-10-13-8(6-16-10)9-2-1-7(17-9)5-11(14)15/h1-2,6H,3,5H2,(H,14,15). The van der Waals surface area contributed by atoms with Gasteiger partial charge in [-0.1, -0.05) is 0 Å². The van der Waals surface area contributed by atoms with E-state index in [-0.39, 0.29) is 6.42 Å². The highest BCUT2D eigenvalue weighted by atomic mass is 32.1. The molecule has 2 aromatic rings. The number of carboxylic acids is 1. The molecule has 0 saturated carbocycles. The number of nitriles is 1. The van der Waals surface area contributed by atoms with E-state index in [1.165, 1.54) is 22.7 Å². The van der Waals surface area contributed by atoms with Gasteiger partial charge < -0.3 is 5.11 Å². The summed E-state index contributed by atoms with van der Waals surface area (Å²) in [5.74, 6) is -0.832. The molecule has 4 nitrogen and oxygen atoms in total. The first-order chi connectivity index (χ1) is 8.19. The van der Waals surface area contributed by atoms with Gasteiger partial charge in [-0.25, -0.2) is 4.98 Å². The van der Waals surface area contributed by atoms with E-state index >= 15 is 0 Å². The first-order valence-electron chi connectivity index (χ1n) is 4.81. The van der Waals surface area contributed by atoms with E-state index in [4.69, 9.17) is 10.4 Å². The number of hydrogen-bond acceptors (Lipinski definition) is 5. The Balaban J connectivity index is 2.18. The first-order valence-corrected chi connectivity index (χ1v) is 6.51. The molecule has 0 saturated heterocycles. The smallest absolute Gasteiger partial charge is 0.308 e. The average Bonchev–Trinajstić information content (AvgIpc) is 2.86. The second-order valence-electron chi connectivity index (χ2n) is 3.30. The van der Waals surface area contributed by atoms with Gasteiger partial charge in [0.05, 0.1) is 29.5 Å². The molecule has 86 valence electrons. The summed E-state index contributed by atoms with van der Waals surface area (Å²) in [6.07, 6.45) is 0.359. The Hall–Kier alpha value is -1.71. The Bertz CT molecular complexity index is 580. The van der Waals surface area contributed by atoms with E-state index in [1.807, 2.05) is 11.4 Å². The molecule has 0 unspecified atom stereocenters. The molecule has 0 bridgehead atoms. The monoisotopic (exact) mass is 264 g/mol. The third-order valence-electron chi connectivity index (χ3n) is 2.02. The molecule has 0 aliphatic carbocycles. The molecule has 17 heavy (non-hydrogen) atoms. The number of hydrogen-bond donors (Lipinski definition) is 1. The predicted octanol–water partition coefficient (Wildman–Crippen LogP) is 2.56. The molecule has 0 radical (unpaired) electrons. The van der Waals surface area contributed by atoms with Gasteiger partial charge in [-0.2, -0.15) is 5.26 Å². The highest BCUT2D eigenvalue weighted by molar-refractivity contribution is 7.16. The topological polar surface area (TPSA) is 74.0 Å². The van der Waals surface area contributed by atoms with Crippen LogP contribution in [0.1, 0.15) is 9.88 Å². The lowest BCUT2D eigenvalue weighted by Crippen LogP contribution is -1.96. The summed E-state index contributed by atoms with van der Waals surface area (Å²) in [6, 6.07) is 5.73. The van der Waals surface area contributed by atoms with E-state index in [9.17, 15) is 4.79 Å². The maximum Gasteiger partial charge on any atom is 0.308 e. The Morgan fingerprint density at radius 1 is 1.53 bits per heavy atom. The summed E-state index contributed by atoms with van der Waals surface area (Å²) in [5.41, 5.74) is 0.821. The molecule has 2 aromatic heterocycles. The number of carbonyl (C=O) groups is 1. The van der Waals surface area contributed by atoms with Crippen molar-refractivity contribution in [3.63, 3.8) is 0 Å². The van der Waals surface area contributed by atoms with Gasteiger partial charge in [0, 0.05) is 10.3 Å². The van der Waals surface area contributed by atoms with Crippen LogP contribution in [0.4, 0.5) is 0 Å². The lowest BCUT2D eigenvalue weighted by Gasteiger charge is -1.89. The fraction of sp³-hybridized carbons (Fsp3) is 0.182. The number of aromatic nitrogens is 1. The van der Waals surface area contributed by atoms with Crippen molar-refractivity contribution in [2.75, 3.05) is 0 Å². The van der Waals surface area contributed by atoms with Crippen molar-refractivity contribution < 1.29 is 9.90 Å². The van der Waals surface area contributed by atoms with Crippen molar-refractivity contribution >= 4 is 28.6 Å². The molecule has 6 heteroatoms.